The maximum absolute atomic E-state index is 13.5. The van der Waals surface area contributed by atoms with E-state index in [0.717, 1.165) is 38.0 Å². The molecule has 2 aliphatic rings. The van der Waals surface area contributed by atoms with Crippen molar-refractivity contribution in [3.05, 3.63) is 53.6 Å². The Kier molecular flexibility index (Phi) is 6.95. The fraction of sp³-hybridized carbons (Fsp3) is 0.480. The molecule has 33 heavy (non-hydrogen) atoms. The van der Waals surface area contributed by atoms with Crippen molar-refractivity contribution in [2.45, 2.75) is 44.0 Å². The van der Waals surface area contributed by atoms with E-state index in [1.165, 1.54) is 18.7 Å². The van der Waals surface area contributed by atoms with Gasteiger partial charge in [-0.25, -0.2) is 8.42 Å². The van der Waals surface area contributed by atoms with Gasteiger partial charge in [-0.3, -0.25) is 4.79 Å². The number of anilines is 1. The van der Waals surface area contributed by atoms with Gasteiger partial charge in [0, 0.05) is 50.0 Å². The molecule has 0 aromatic heterocycles. The van der Waals surface area contributed by atoms with Crippen LogP contribution >= 0.6 is 0 Å². The largest absolute Gasteiger partial charge is 0.495 e. The number of hydrogen-bond acceptors (Lipinski definition) is 5. The molecular formula is C25H33N3O4S. The molecule has 8 heteroatoms. The number of ether oxygens (including phenoxy) is 1. The number of piperazine rings is 1. The number of benzene rings is 2. The van der Waals surface area contributed by atoms with Crippen molar-refractivity contribution < 1.29 is 17.9 Å². The van der Waals surface area contributed by atoms with Gasteiger partial charge in [0.15, 0.2) is 0 Å². The zero-order valence-electron chi connectivity index (χ0n) is 19.7. The summed E-state index contributed by atoms with van der Waals surface area (Å²) in [7, 11) is -2.30. The number of carbonyl (C=O) groups excluding carboxylic acids is 1. The first-order valence-electron chi connectivity index (χ1n) is 11.6. The second-order valence-corrected chi connectivity index (χ2v) is 10.8. The molecule has 2 saturated heterocycles. The molecule has 1 amide bonds. The van der Waals surface area contributed by atoms with E-state index in [0.29, 0.717) is 25.2 Å². The molecule has 0 spiro atoms. The van der Waals surface area contributed by atoms with Crippen molar-refractivity contribution in [1.82, 2.24) is 9.21 Å². The van der Waals surface area contributed by atoms with Crippen LogP contribution < -0.4 is 9.64 Å². The van der Waals surface area contributed by atoms with E-state index in [4.69, 9.17) is 4.74 Å². The van der Waals surface area contributed by atoms with Crippen LogP contribution in [0, 0.1) is 6.92 Å². The average molecular weight is 472 g/mol. The highest BCUT2D eigenvalue weighted by molar-refractivity contribution is 7.89. The summed E-state index contributed by atoms with van der Waals surface area (Å²) in [6.45, 7) is 7.15. The van der Waals surface area contributed by atoms with E-state index < -0.39 is 10.0 Å². The third-order valence-electron chi connectivity index (χ3n) is 6.67. The molecule has 0 radical (unpaired) electrons. The van der Waals surface area contributed by atoms with E-state index in [-0.39, 0.29) is 22.6 Å². The predicted molar refractivity (Wildman–Crippen MR) is 129 cm³/mol. The Morgan fingerprint density at radius 2 is 1.76 bits per heavy atom. The van der Waals surface area contributed by atoms with Crippen molar-refractivity contribution in [1.29, 1.82) is 0 Å². The Labute approximate surface area is 197 Å². The fourth-order valence-electron chi connectivity index (χ4n) is 4.74. The fourth-order valence-corrected chi connectivity index (χ4v) is 6.62. The van der Waals surface area contributed by atoms with E-state index >= 15 is 0 Å². The molecule has 1 unspecified atom stereocenters. The summed E-state index contributed by atoms with van der Waals surface area (Å²) in [6, 6.07) is 13.0. The van der Waals surface area contributed by atoms with E-state index in [9.17, 15) is 13.2 Å². The van der Waals surface area contributed by atoms with Gasteiger partial charge in [-0.1, -0.05) is 18.6 Å². The van der Waals surface area contributed by atoms with Gasteiger partial charge in [-0.2, -0.15) is 4.31 Å². The minimum Gasteiger partial charge on any atom is -0.495 e. The van der Waals surface area contributed by atoms with Crippen LogP contribution in [-0.4, -0.2) is 69.4 Å². The lowest BCUT2D eigenvalue weighted by molar-refractivity contribution is 0.0746. The average Bonchev–Trinajstić information content (AvgIpc) is 2.83. The van der Waals surface area contributed by atoms with Gasteiger partial charge in [0.2, 0.25) is 10.0 Å². The number of sulfonamides is 1. The highest BCUT2D eigenvalue weighted by atomic mass is 32.2. The number of carbonyl (C=O) groups is 1. The lowest BCUT2D eigenvalue weighted by atomic mass is 10.1. The molecule has 2 aromatic carbocycles. The predicted octanol–water partition coefficient (Wildman–Crippen LogP) is 3.53. The highest BCUT2D eigenvalue weighted by Gasteiger charge is 2.34. The first-order valence-corrected chi connectivity index (χ1v) is 13.1. The van der Waals surface area contributed by atoms with Gasteiger partial charge in [0.25, 0.3) is 5.91 Å². The summed E-state index contributed by atoms with van der Waals surface area (Å²) in [6.07, 6.45) is 2.71. The van der Waals surface area contributed by atoms with Crippen LogP contribution in [0.4, 0.5) is 5.69 Å². The molecule has 0 aliphatic carbocycles. The maximum atomic E-state index is 13.5. The first-order chi connectivity index (χ1) is 15.8. The normalized spacial score (nSPS) is 20.0. The molecule has 7 nitrogen and oxygen atoms in total. The number of amides is 1. The Hall–Kier alpha value is -2.58. The standard InChI is InChI=1S/C25H33N3O4S/c1-19-7-6-9-22(17-19)26-13-15-27(16-14-26)25(29)21-10-11-23(32-3)24(18-21)33(30,31)28-12-5-4-8-20(28)2/h6-7,9-11,17-18,20H,4-5,8,12-16H2,1-3H3. The van der Waals surface area contributed by atoms with Crippen molar-refractivity contribution >= 4 is 21.6 Å². The van der Waals surface area contributed by atoms with Gasteiger partial charge in [0.05, 0.1) is 7.11 Å². The lowest BCUT2D eigenvalue weighted by Gasteiger charge is -2.36. The molecule has 0 bridgehead atoms. The Bertz CT molecular complexity index is 1110. The number of aryl methyl sites for hydroxylation is 1. The molecule has 2 heterocycles. The Balaban J connectivity index is 1.53. The van der Waals surface area contributed by atoms with E-state index in [1.54, 1.807) is 21.3 Å². The molecule has 178 valence electrons. The van der Waals surface area contributed by atoms with Gasteiger partial charge in [-0.15, -0.1) is 0 Å². The van der Waals surface area contributed by atoms with Crippen LogP contribution in [0.25, 0.3) is 0 Å². The summed E-state index contributed by atoms with van der Waals surface area (Å²) in [5.74, 6) is 0.123. The second kappa shape index (κ2) is 9.73. The zero-order valence-corrected chi connectivity index (χ0v) is 20.5. The second-order valence-electron chi connectivity index (χ2n) is 8.94. The molecule has 2 aliphatic heterocycles. The third kappa shape index (κ3) is 4.87. The number of methoxy groups -OCH3 is 1. The van der Waals surface area contributed by atoms with Crippen LogP contribution in [0.3, 0.4) is 0 Å². The summed E-state index contributed by atoms with van der Waals surface area (Å²) < 4.78 is 33.9. The van der Waals surface area contributed by atoms with E-state index in [1.807, 2.05) is 13.0 Å². The van der Waals surface area contributed by atoms with Crippen LogP contribution in [0.15, 0.2) is 47.4 Å². The van der Waals surface area contributed by atoms with Crippen molar-refractivity contribution in [3.8, 4) is 5.75 Å². The summed E-state index contributed by atoms with van der Waals surface area (Å²) in [4.78, 5) is 17.4. The van der Waals surface area contributed by atoms with Gasteiger partial charge in [-0.05, 0) is 62.6 Å². The Morgan fingerprint density at radius 1 is 1.00 bits per heavy atom. The molecule has 4 rings (SSSR count). The first kappa shape index (κ1) is 23.6. The minimum absolute atomic E-state index is 0.0671. The number of rotatable bonds is 5. The van der Waals surface area contributed by atoms with Crippen molar-refractivity contribution in [2.75, 3.05) is 44.7 Å². The van der Waals surface area contributed by atoms with Crippen LogP contribution in [0.2, 0.25) is 0 Å². The van der Waals surface area contributed by atoms with Crippen LogP contribution in [0.5, 0.6) is 5.75 Å². The molecular weight excluding hydrogens is 438 g/mol. The van der Waals surface area contributed by atoms with Crippen LogP contribution in [-0.2, 0) is 10.0 Å². The Morgan fingerprint density at radius 3 is 2.42 bits per heavy atom. The summed E-state index contributed by atoms with van der Waals surface area (Å²) in [5, 5.41) is 0. The van der Waals surface area contributed by atoms with Crippen molar-refractivity contribution in [3.63, 3.8) is 0 Å². The van der Waals surface area contributed by atoms with Gasteiger partial charge in [0.1, 0.15) is 10.6 Å². The monoisotopic (exact) mass is 471 g/mol. The molecule has 1 atom stereocenters. The summed E-state index contributed by atoms with van der Waals surface area (Å²) >= 11 is 0. The smallest absolute Gasteiger partial charge is 0.254 e. The summed E-state index contributed by atoms with van der Waals surface area (Å²) in [5.41, 5.74) is 2.75. The lowest BCUT2D eigenvalue weighted by Crippen LogP contribution is -2.48. The van der Waals surface area contributed by atoms with Gasteiger partial charge >= 0.3 is 0 Å². The van der Waals surface area contributed by atoms with E-state index in [2.05, 4.69) is 30.0 Å². The molecule has 0 N–H and O–H groups in total. The number of hydrogen-bond donors (Lipinski definition) is 0. The van der Waals surface area contributed by atoms with Crippen molar-refractivity contribution in [2.24, 2.45) is 0 Å². The topological polar surface area (TPSA) is 70.2 Å². The molecule has 0 saturated carbocycles. The molecule has 2 aromatic rings. The SMILES string of the molecule is COc1ccc(C(=O)N2CCN(c3cccc(C)c3)CC2)cc1S(=O)(=O)N1CCCCC1C. The highest BCUT2D eigenvalue weighted by Crippen LogP contribution is 2.32. The third-order valence-corrected chi connectivity index (χ3v) is 8.71. The molecule has 2 fully saturated rings. The maximum Gasteiger partial charge on any atom is 0.254 e. The van der Waals surface area contributed by atoms with Crippen LogP contribution in [0.1, 0.15) is 42.1 Å². The van der Waals surface area contributed by atoms with Gasteiger partial charge < -0.3 is 14.5 Å². The quantitative estimate of drug-likeness (QED) is 0.667. The zero-order chi connectivity index (χ0) is 23.6. The number of nitrogens with zero attached hydrogens (tertiary/aromatic N) is 3. The number of piperidine rings is 1. The minimum atomic E-state index is -3.76.